The van der Waals surface area contributed by atoms with Gasteiger partial charge in [0.15, 0.2) is 0 Å². The monoisotopic (exact) mass is 175 g/mol. The van der Waals surface area contributed by atoms with Gasteiger partial charge in [-0.05, 0) is 26.8 Å². The Morgan fingerprint density at radius 3 is 2.58 bits per heavy atom. The lowest BCUT2D eigenvalue weighted by atomic mass is 10.2. The number of hydrogen-bond donors (Lipinski definition) is 2. The van der Waals surface area contributed by atoms with Gasteiger partial charge < -0.3 is 15.2 Å². The molecule has 4 heteroatoms. The molecule has 0 aromatic carbocycles. The molecule has 0 aliphatic heterocycles. The van der Waals surface area contributed by atoms with Crippen molar-refractivity contribution in [1.29, 1.82) is 0 Å². The SMILES string of the molecule is COC(=O)C(C)NCCC(C)O. The van der Waals surface area contributed by atoms with Crippen molar-refractivity contribution in [2.75, 3.05) is 13.7 Å². The van der Waals surface area contributed by atoms with E-state index < -0.39 is 0 Å². The fraction of sp³-hybridized carbons (Fsp3) is 0.875. The van der Waals surface area contributed by atoms with E-state index in [-0.39, 0.29) is 18.1 Å². The van der Waals surface area contributed by atoms with Gasteiger partial charge in [0.05, 0.1) is 13.2 Å². The first-order valence-corrected chi connectivity index (χ1v) is 4.07. The summed E-state index contributed by atoms with van der Waals surface area (Å²) in [7, 11) is 1.36. The molecule has 2 N–H and O–H groups in total. The van der Waals surface area contributed by atoms with Crippen LogP contribution in [0.1, 0.15) is 20.3 Å². The molecule has 0 rings (SSSR count). The van der Waals surface area contributed by atoms with Crippen LogP contribution in [-0.2, 0) is 9.53 Å². The van der Waals surface area contributed by atoms with Crippen molar-refractivity contribution < 1.29 is 14.6 Å². The summed E-state index contributed by atoms with van der Waals surface area (Å²) in [5.74, 6) is -0.277. The molecule has 72 valence electrons. The zero-order valence-electron chi connectivity index (χ0n) is 7.83. The molecule has 0 saturated heterocycles. The van der Waals surface area contributed by atoms with Gasteiger partial charge in [-0.15, -0.1) is 0 Å². The molecule has 0 bridgehead atoms. The van der Waals surface area contributed by atoms with Crippen molar-refractivity contribution in [3.05, 3.63) is 0 Å². The Bertz CT molecular complexity index is 136. The van der Waals surface area contributed by atoms with Gasteiger partial charge in [-0.25, -0.2) is 0 Å². The van der Waals surface area contributed by atoms with Gasteiger partial charge in [-0.2, -0.15) is 0 Å². The van der Waals surface area contributed by atoms with Gasteiger partial charge in [-0.1, -0.05) is 0 Å². The first kappa shape index (κ1) is 11.4. The Kier molecular flexibility index (Phi) is 5.66. The minimum absolute atomic E-state index is 0.277. The van der Waals surface area contributed by atoms with E-state index in [0.717, 1.165) is 0 Å². The lowest BCUT2D eigenvalue weighted by Crippen LogP contribution is -2.36. The van der Waals surface area contributed by atoms with E-state index >= 15 is 0 Å². The van der Waals surface area contributed by atoms with E-state index in [2.05, 4.69) is 10.1 Å². The summed E-state index contributed by atoms with van der Waals surface area (Å²) in [5, 5.41) is 11.8. The molecule has 0 aliphatic rings. The van der Waals surface area contributed by atoms with E-state index in [0.29, 0.717) is 13.0 Å². The van der Waals surface area contributed by atoms with E-state index in [1.807, 2.05) is 0 Å². The number of ether oxygens (including phenoxy) is 1. The molecule has 0 heterocycles. The number of aliphatic hydroxyl groups excluding tert-OH is 1. The molecule has 2 atom stereocenters. The van der Waals surface area contributed by atoms with Gasteiger partial charge in [0.2, 0.25) is 0 Å². The summed E-state index contributed by atoms with van der Waals surface area (Å²) in [4.78, 5) is 10.8. The van der Waals surface area contributed by atoms with Crippen molar-refractivity contribution >= 4 is 5.97 Å². The Morgan fingerprint density at radius 2 is 2.17 bits per heavy atom. The molecule has 0 aromatic heterocycles. The maximum Gasteiger partial charge on any atom is 0.322 e. The molecule has 12 heavy (non-hydrogen) atoms. The van der Waals surface area contributed by atoms with Gasteiger partial charge in [0, 0.05) is 0 Å². The van der Waals surface area contributed by atoms with Crippen molar-refractivity contribution in [1.82, 2.24) is 5.32 Å². The number of methoxy groups -OCH3 is 1. The fourth-order valence-corrected chi connectivity index (χ4v) is 0.769. The molecular weight excluding hydrogens is 158 g/mol. The van der Waals surface area contributed by atoms with Gasteiger partial charge in [0.1, 0.15) is 6.04 Å². The average Bonchev–Trinajstić information content (AvgIpc) is 2.02. The van der Waals surface area contributed by atoms with Crippen LogP contribution in [0.3, 0.4) is 0 Å². The quantitative estimate of drug-likeness (QED) is 0.573. The van der Waals surface area contributed by atoms with Crippen LogP contribution in [0.5, 0.6) is 0 Å². The zero-order valence-corrected chi connectivity index (χ0v) is 7.83. The number of hydrogen-bond acceptors (Lipinski definition) is 4. The highest BCUT2D eigenvalue weighted by Crippen LogP contribution is 1.89. The van der Waals surface area contributed by atoms with Crippen LogP contribution in [0.2, 0.25) is 0 Å². The first-order chi connectivity index (χ1) is 5.57. The molecule has 0 aromatic rings. The maximum absolute atomic E-state index is 10.8. The van der Waals surface area contributed by atoms with Crippen molar-refractivity contribution in [2.45, 2.75) is 32.4 Å². The third-order valence-electron chi connectivity index (χ3n) is 1.57. The standard InChI is InChI=1S/C8H17NO3/c1-6(10)4-5-9-7(2)8(11)12-3/h6-7,9-10H,4-5H2,1-3H3. The number of esters is 1. The Hall–Kier alpha value is -0.610. The van der Waals surface area contributed by atoms with Crippen LogP contribution < -0.4 is 5.32 Å². The highest BCUT2D eigenvalue weighted by atomic mass is 16.5. The molecule has 0 fully saturated rings. The minimum atomic E-state index is -0.331. The summed E-state index contributed by atoms with van der Waals surface area (Å²) in [6.45, 7) is 4.06. The summed E-state index contributed by atoms with van der Waals surface area (Å²) < 4.78 is 4.51. The molecule has 0 spiro atoms. The molecule has 0 radical (unpaired) electrons. The second kappa shape index (κ2) is 5.97. The smallest absolute Gasteiger partial charge is 0.322 e. The van der Waals surface area contributed by atoms with Gasteiger partial charge in [-0.3, -0.25) is 4.79 Å². The summed E-state index contributed by atoms with van der Waals surface area (Å²) >= 11 is 0. The Balaban J connectivity index is 3.43. The van der Waals surface area contributed by atoms with Crippen LogP contribution in [0.25, 0.3) is 0 Å². The normalized spacial score (nSPS) is 15.3. The highest BCUT2D eigenvalue weighted by Gasteiger charge is 2.11. The van der Waals surface area contributed by atoms with Crippen LogP contribution in [-0.4, -0.2) is 36.9 Å². The van der Waals surface area contributed by atoms with Gasteiger partial charge in [0.25, 0.3) is 0 Å². The predicted molar refractivity (Wildman–Crippen MR) is 45.8 cm³/mol. The molecule has 0 saturated carbocycles. The summed E-state index contributed by atoms with van der Waals surface area (Å²) in [6, 6.07) is -0.297. The van der Waals surface area contributed by atoms with Crippen molar-refractivity contribution in [2.24, 2.45) is 0 Å². The molecule has 4 nitrogen and oxygen atoms in total. The van der Waals surface area contributed by atoms with E-state index in [9.17, 15) is 4.79 Å². The molecule has 2 unspecified atom stereocenters. The number of carbonyl (C=O) groups is 1. The lowest BCUT2D eigenvalue weighted by molar-refractivity contribution is -0.142. The molecular formula is C8H17NO3. The number of carbonyl (C=O) groups excluding carboxylic acids is 1. The van der Waals surface area contributed by atoms with Crippen LogP contribution in [0, 0.1) is 0 Å². The topological polar surface area (TPSA) is 58.6 Å². The van der Waals surface area contributed by atoms with Crippen LogP contribution >= 0.6 is 0 Å². The second-order valence-electron chi connectivity index (χ2n) is 2.84. The first-order valence-electron chi connectivity index (χ1n) is 4.07. The van der Waals surface area contributed by atoms with E-state index in [4.69, 9.17) is 5.11 Å². The fourth-order valence-electron chi connectivity index (χ4n) is 0.769. The summed E-state index contributed by atoms with van der Waals surface area (Å²) in [5.41, 5.74) is 0. The Labute approximate surface area is 72.9 Å². The highest BCUT2D eigenvalue weighted by molar-refractivity contribution is 5.74. The lowest BCUT2D eigenvalue weighted by Gasteiger charge is -2.11. The number of nitrogens with one attached hydrogen (secondary N) is 1. The van der Waals surface area contributed by atoms with Crippen molar-refractivity contribution in [3.8, 4) is 0 Å². The zero-order chi connectivity index (χ0) is 9.56. The van der Waals surface area contributed by atoms with Gasteiger partial charge >= 0.3 is 5.97 Å². The predicted octanol–water partition coefficient (Wildman–Crippen LogP) is -0.0916. The largest absolute Gasteiger partial charge is 0.468 e. The maximum atomic E-state index is 10.8. The summed E-state index contributed by atoms with van der Waals surface area (Å²) in [6.07, 6.45) is 0.309. The Morgan fingerprint density at radius 1 is 1.58 bits per heavy atom. The van der Waals surface area contributed by atoms with E-state index in [1.54, 1.807) is 13.8 Å². The van der Waals surface area contributed by atoms with Crippen LogP contribution in [0.4, 0.5) is 0 Å². The average molecular weight is 175 g/mol. The van der Waals surface area contributed by atoms with Crippen molar-refractivity contribution in [3.63, 3.8) is 0 Å². The number of aliphatic hydroxyl groups is 1. The molecule has 0 aliphatic carbocycles. The third-order valence-corrected chi connectivity index (χ3v) is 1.57. The van der Waals surface area contributed by atoms with E-state index in [1.165, 1.54) is 7.11 Å². The van der Waals surface area contributed by atoms with Crippen LogP contribution in [0.15, 0.2) is 0 Å². The number of rotatable bonds is 5. The third kappa shape index (κ3) is 5.09. The molecule has 0 amide bonds. The minimum Gasteiger partial charge on any atom is -0.468 e. The second-order valence-corrected chi connectivity index (χ2v) is 2.84.